The average molecular weight is 191 g/mol. The van der Waals surface area contributed by atoms with Gasteiger partial charge in [0.1, 0.15) is 23.8 Å². The van der Waals surface area contributed by atoms with E-state index in [9.17, 15) is 4.79 Å². The summed E-state index contributed by atoms with van der Waals surface area (Å²) in [4.78, 5) is 11.1. The van der Waals surface area contributed by atoms with Crippen molar-refractivity contribution >= 4 is 5.97 Å². The lowest BCUT2D eigenvalue weighted by Crippen LogP contribution is -2.31. The van der Waals surface area contributed by atoms with Crippen LogP contribution in [0.5, 0.6) is 0 Å². The van der Waals surface area contributed by atoms with Gasteiger partial charge >= 0.3 is 5.97 Å². The van der Waals surface area contributed by atoms with Crippen LogP contribution in [0.15, 0.2) is 11.3 Å². The van der Waals surface area contributed by atoms with Crippen LogP contribution in [0.3, 0.4) is 0 Å². The first-order valence-electron chi connectivity index (χ1n) is 4.10. The lowest BCUT2D eigenvalue weighted by atomic mass is 10.2. The molecule has 0 radical (unpaired) electrons. The van der Waals surface area contributed by atoms with Gasteiger partial charge in [0.25, 0.3) is 0 Å². The van der Waals surface area contributed by atoms with Gasteiger partial charge in [0.05, 0.1) is 7.11 Å². The molecule has 5 heteroatoms. The Morgan fingerprint density at radius 1 is 1.57 bits per heavy atom. The van der Waals surface area contributed by atoms with Crippen molar-refractivity contribution in [3.8, 4) is 12.1 Å². The number of ether oxygens (including phenoxy) is 1. The number of carbonyl (C=O) groups is 1. The molecule has 1 atom stereocenters. The van der Waals surface area contributed by atoms with E-state index < -0.39 is 6.04 Å². The van der Waals surface area contributed by atoms with Gasteiger partial charge in [0.15, 0.2) is 0 Å². The minimum atomic E-state index is -0.424. The number of carbonyl (C=O) groups excluding carboxylic acids is 1. The summed E-state index contributed by atoms with van der Waals surface area (Å²) in [5.74, 6) is -0.366. The van der Waals surface area contributed by atoms with Gasteiger partial charge < -0.3 is 10.1 Å². The largest absolute Gasteiger partial charge is 0.467 e. The Morgan fingerprint density at radius 3 is 2.71 bits per heavy atom. The summed E-state index contributed by atoms with van der Waals surface area (Å²) in [7, 11) is 1.31. The Bertz CT molecular complexity index is 343. The zero-order valence-electron chi connectivity index (χ0n) is 7.70. The fourth-order valence-electron chi connectivity index (χ4n) is 1.32. The summed E-state index contributed by atoms with van der Waals surface area (Å²) in [6.45, 7) is 0. The number of allylic oxidation sites excluding steroid dienone is 2. The lowest BCUT2D eigenvalue weighted by Gasteiger charge is -2.07. The summed E-state index contributed by atoms with van der Waals surface area (Å²) in [5, 5.41) is 20.0. The monoisotopic (exact) mass is 191 g/mol. The van der Waals surface area contributed by atoms with E-state index in [1.165, 1.54) is 7.11 Å². The summed E-state index contributed by atoms with van der Waals surface area (Å²) in [6, 6.07) is 3.13. The van der Waals surface area contributed by atoms with E-state index >= 15 is 0 Å². The third-order valence-electron chi connectivity index (χ3n) is 2.04. The number of esters is 1. The highest BCUT2D eigenvalue weighted by Gasteiger charge is 2.27. The third kappa shape index (κ3) is 1.83. The van der Waals surface area contributed by atoms with Crippen LogP contribution < -0.4 is 5.32 Å². The molecule has 0 unspecified atom stereocenters. The number of nitrogens with zero attached hydrogens (tertiary/aromatic N) is 2. The van der Waals surface area contributed by atoms with Crippen LogP contribution >= 0.6 is 0 Å². The summed E-state index contributed by atoms with van der Waals surface area (Å²) in [6.07, 6.45) is 1.10. The maximum absolute atomic E-state index is 11.1. The van der Waals surface area contributed by atoms with Gasteiger partial charge in [-0.15, -0.1) is 0 Å². The fraction of sp³-hybridized carbons (Fsp3) is 0.444. The molecule has 0 aromatic heterocycles. The van der Waals surface area contributed by atoms with E-state index in [0.717, 1.165) is 0 Å². The molecule has 0 aliphatic carbocycles. The van der Waals surface area contributed by atoms with E-state index in [1.54, 1.807) is 12.1 Å². The van der Waals surface area contributed by atoms with E-state index in [0.29, 0.717) is 18.5 Å². The minimum Gasteiger partial charge on any atom is -0.467 e. The molecule has 0 spiro atoms. The zero-order valence-corrected chi connectivity index (χ0v) is 7.70. The van der Waals surface area contributed by atoms with Gasteiger partial charge in [-0.3, -0.25) is 0 Å². The van der Waals surface area contributed by atoms with E-state index in [4.69, 9.17) is 10.5 Å². The fourth-order valence-corrected chi connectivity index (χ4v) is 1.32. The van der Waals surface area contributed by atoms with Crippen molar-refractivity contribution in [3.63, 3.8) is 0 Å². The van der Waals surface area contributed by atoms with Crippen molar-refractivity contribution in [3.05, 3.63) is 11.3 Å². The molecule has 1 fully saturated rings. The van der Waals surface area contributed by atoms with Crippen LogP contribution in [-0.2, 0) is 9.53 Å². The van der Waals surface area contributed by atoms with E-state index in [1.807, 2.05) is 0 Å². The second-order valence-corrected chi connectivity index (χ2v) is 2.84. The second-order valence-electron chi connectivity index (χ2n) is 2.84. The first-order chi connectivity index (χ1) is 6.72. The number of rotatable bonds is 1. The Morgan fingerprint density at radius 2 is 2.21 bits per heavy atom. The maximum atomic E-state index is 11.1. The number of nitrogens with one attached hydrogen (secondary N) is 1. The predicted octanol–water partition coefficient (Wildman–Crippen LogP) is 0.213. The first-order valence-corrected chi connectivity index (χ1v) is 4.10. The highest BCUT2D eigenvalue weighted by atomic mass is 16.5. The highest BCUT2D eigenvalue weighted by molar-refractivity contribution is 5.76. The van der Waals surface area contributed by atoms with Gasteiger partial charge in [0.2, 0.25) is 0 Å². The maximum Gasteiger partial charge on any atom is 0.328 e. The molecule has 0 aromatic carbocycles. The number of nitriles is 2. The van der Waals surface area contributed by atoms with Crippen LogP contribution in [0.4, 0.5) is 0 Å². The molecule has 1 rings (SSSR count). The summed E-state index contributed by atoms with van der Waals surface area (Å²) in [5.41, 5.74) is 0.571. The molecule has 14 heavy (non-hydrogen) atoms. The molecule has 5 nitrogen and oxygen atoms in total. The normalized spacial score (nSPS) is 19.1. The van der Waals surface area contributed by atoms with Crippen molar-refractivity contribution in [1.82, 2.24) is 5.32 Å². The van der Waals surface area contributed by atoms with Gasteiger partial charge in [-0.05, 0) is 12.8 Å². The van der Waals surface area contributed by atoms with Crippen molar-refractivity contribution in [2.24, 2.45) is 0 Å². The third-order valence-corrected chi connectivity index (χ3v) is 2.04. The predicted molar refractivity (Wildman–Crippen MR) is 46.4 cm³/mol. The first kappa shape index (κ1) is 10.1. The van der Waals surface area contributed by atoms with Crippen LogP contribution in [0.2, 0.25) is 0 Å². The zero-order chi connectivity index (χ0) is 10.6. The van der Waals surface area contributed by atoms with Gasteiger partial charge in [-0.25, -0.2) is 4.79 Å². The molecule has 1 saturated heterocycles. The lowest BCUT2D eigenvalue weighted by molar-refractivity contribution is -0.142. The Labute approximate surface area is 81.6 Å². The minimum absolute atomic E-state index is 0.0383. The van der Waals surface area contributed by atoms with Gasteiger partial charge in [-0.1, -0.05) is 0 Å². The van der Waals surface area contributed by atoms with Crippen molar-refractivity contribution in [2.75, 3.05) is 7.11 Å². The molecule has 1 aliphatic rings. The molecule has 0 aromatic rings. The van der Waals surface area contributed by atoms with Crippen molar-refractivity contribution in [2.45, 2.75) is 18.9 Å². The van der Waals surface area contributed by atoms with Crippen LogP contribution in [-0.4, -0.2) is 19.1 Å². The Kier molecular flexibility index (Phi) is 3.09. The molecule has 1 N–H and O–H groups in total. The quantitative estimate of drug-likeness (QED) is 0.473. The van der Waals surface area contributed by atoms with Crippen molar-refractivity contribution in [1.29, 1.82) is 10.5 Å². The highest BCUT2D eigenvalue weighted by Crippen LogP contribution is 2.19. The topological polar surface area (TPSA) is 85.9 Å². The molecule has 1 aliphatic heterocycles. The van der Waals surface area contributed by atoms with Gasteiger partial charge in [0, 0.05) is 5.70 Å². The van der Waals surface area contributed by atoms with Gasteiger partial charge in [-0.2, -0.15) is 10.5 Å². The Balaban J connectivity index is 2.77. The molecule has 72 valence electrons. The number of methoxy groups -OCH3 is 1. The molecular formula is C9H9N3O2. The second kappa shape index (κ2) is 4.29. The smallest absolute Gasteiger partial charge is 0.328 e. The Hall–Kier alpha value is -2.01. The summed E-state index contributed by atoms with van der Waals surface area (Å²) >= 11 is 0. The number of hydrogen-bond acceptors (Lipinski definition) is 5. The standard InChI is InChI=1S/C9H9N3O2/c1-14-9(13)8-3-2-7(12-8)6(4-10)5-11/h8,12H,2-3H2,1H3/t8-/m0/s1. The van der Waals surface area contributed by atoms with E-state index in [-0.39, 0.29) is 11.5 Å². The van der Waals surface area contributed by atoms with Crippen LogP contribution in [0, 0.1) is 22.7 Å². The molecule has 0 amide bonds. The van der Waals surface area contributed by atoms with Crippen LogP contribution in [0.25, 0.3) is 0 Å². The average Bonchev–Trinajstić information content (AvgIpc) is 2.68. The van der Waals surface area contributed by atoms with Crippen molar-refractivity contribution < 1.29 is 9.53 Å². The number of hydrogen-bond donors (Lipinski definition) is 1. The SMILES string of the molecule is COC(=O)[C@@H]1CCC(=C(C#N)C#N)N1. The van der Waals surface area contributed by atoms with E-state index in [2.05, 4.69) is 10.1 Å². The molecule has 0 saturated carbocycles. The van der Waals surface area contributed by atoms with Crippen LogP contribution in [0.1, 0.15) is 12.8 Å². The molecule has 0 bridgehead atoms. The molecular weight excluding hydrogens is 182 g/mol. The summed E-state index contributed by atoms with van der Waals surface area (Å²) < 4.78 is 4.54. The molecule has 1 heterocycles.